The number of rotatable bonds is 4. The van der Waals surface area contributed by atoms with Crippen molar-refractivity contribution in [2.24, 2.45) is 5.92 Å². The van der Waals surface area contributed by atoms with Crippen molar-refractivity contribution in [1.29, 1.82) is 0 Å². The molecule has 0 radical (unpaired) electrons. The quantitative estimate of drug-likeness (QED) is 0.862. The zero-order chi connectivity index (χ0) is 16.6. The fourth-order valence-electron chi connectivity index (χ4n) is 2.61. The van der Waals surface area contributed by atoms with Crippen LogP contribution in [0.1, 0.15) is 66.2 Å². The Bertz CT molecular complexity index is 723. The van der Waals surface area contributed by atoms with E-state index in [1.165, 1.54) is 0 Å². The molecule has 0 aliphatic carbocycles. The van der Waals surface area contributed by atoms with Gasteiger partial charge in [0, 0.05) is 36.0 Å². The summed E-state index contributed by atoms with van der Waals surface area (Å²) in [7, 11) is 0. The summed E-state index contributed by atoms with van der Waals surface area (Å²) < 4.78 is 0. The molecule has 2 aromatic rings. The first kappa shape index (κ1) is 16.1. The molecule has 23 heavy (non-hydrogen) atoms. The van der Waals surface area contributed by atoms with Crippen molar-refractivity contribution >= 4 is 17.2 Å². The molecule has 3 rings (SSSR count). The number of thiazole rings is 1. The SMILES string of the molecule is CC(C)Cc1ncc2c(n1)CN(C(=O)c1csc(C(C)C)n1)C2. The van der Waals surface area contributed by atoms with Gasteiger partial charge in [-0.25, -0.2) is 15.0 Å². The van der Waals surface area contributed by atoms with Gasteiger partial charge in [-0.05, 0) is 5.92 Å². The minimum atomic E-state index is -0.0171. The van der Waals surface area contributed by atoms with Crippen molar-refractivity contribution in [2.45, 2.75) is 53.1 Å². The highest BCUT2D eigenvalue weighted by atomic mass is 32.1. The molecular formula is C17H22N4OS. The summed E-state index contributed by atoms with van der Waals surface area (Å²) in [6.07, 6.45) is 2.74. The van der Waals surface area contributed by atoms with Gasteiger partial charge >= 0.3 is 0 Å². The molecule has 0 spiro atoms. The molecule has 2 aromatic heterocycles. The predicted molar refractivity (Wildman–Crippen MR) is 90.4 cm³/mol. The maximum Gasteiger partial charge on any atom is 0.273 e. The molecule has 1 amide bonds. The number of aromatic nitrogens is 3. The molecule has 0 saturated heterocycles. The number of amides is 1. The molecule has 1 aliphatic rings. The van der Waals surface area contributed by atoms with E-state index in [-0.39, 0.29) is 5.91 Å². The number of hydrogen-bond acceptors (Lipinski definition) is 5. The Kier molecular flexibility index (Phi) is 4.43. The average Bonchev–Trinajstić information content (AvgIpc) is 3.12. The van der Waals surface area contributed by atoms with Crippen molar-refractivity contribution in [2.75, 3.05) is 0 Å². The summed E-state index contributed by atoms with van der Waals surface area (Å²) in [5.74, 6) is 1.72. The maximum absolute atomic E-state index is 12.6. The van der Waals surface area contributed by atoms with Crippen molar-refractivity contribution < 1.29 is 4.79 Å². The fourth-order valence-corrected chi connectivity index (χ4v) is 3.42. The first-order valence-corrected chi connectivity index (χ1v) is 8.90. The Balaban J connectivity index is 1.74. The molecule has 0 saturated carbocycles. The summed E-state index contributed by atoms with van der Waals surface area (Å²) in [6, 6.07) is 0. The summed E-state index contributed by atoms with van der Waals surface area (Å²) >= 11 is 1.55. The third-order valence-electron chi connectivity index (χ3n) is 3.82. The molecule has 0 atom stereocenters. The van der Waals surface area contributed by atoms with Crippen LogP contribution in [0, 0.1) is 5.92 Å². The van der Waals surface area contributed by atoms with Crippen molar-refractivity contribution in [3.63, 3.8) is 0 Å². The van der Waals surface area contributed by atoms with Gasteiger partial charge < -0.3 is 4.90 Å². The number of carbonyl (C=O) groups is 1. The van der Waals surface area contributed by atoms with E-state index in [1.807, 2.05) is 11.6 Å². The number of nitrogens with zero attached hydrogens (tertiary/aromatic N) is 4. The summed E-state index contributed by atoms with van der Waals surface area (Å²) in [4.78, 5) is 28.0. The first-order chi connectivity index (χ1) is 10.9. The molecule has 3 heterocycles. The summed E-state index contributed by atoms with van der Waals surface area (Å²) in [5, 5.41) is 2.86. The molecule has 6 heteroatoms. The second-order valence-corrected chi connectivity index (χ2v) is 7.63. The van der Waals surface area contributed by atoms with E-state index in [9.17, 15) is 4.79 Å². The zero-order valence-corrected chi connectivity index (χ0v) is 14.9. The van der Waals surface area contributed by atoms with Gasteiger partial charge in [-0.15, -0.1) is 11.3 Å². The van der Waals surface area contributed by atoms with Gasteiger partial charge in [-0.1, -0.05) is 27.7 Å². The van der Waals surface area contributed by atoms with Gasteiger partial charge in [0.25, 0.3) is 5.91 Å². The van der Waals surface area contributed by atoms with Gasteiger partial charge in [0.05, 0.1) is 17.2 Å². The Morgan fingerprint density at radius 1 is 1.26 bits per heavy atom. The second kappa shape index (κ2) is 6.35. The van der Waals surface area contributed by atoms with E-state index in [2.05, 4.69) is 42.6 Å². The minimum absolute atomic E-state index is 0.0171. The lowest BCUT2D eigenvalue weighted by atomic mass is 10.1. The molecule has 5 nitrogen and oxygen atoms in total. The van der Waals surface area contributed by atoms with Crippen molar-refractivity contribution in [3.8, 4) is 0 Å². The lowest BCUT2D eigenvalue weighted by Crippen LogP contribution is -2.25. The van der Waals surface area contributed by atoms with Gasteiger partial charge in [0.1, 0.15) is 11.5 Å². The normalized spacial score (nSPS) is 13.9. The van der Waals surface area contributed by atoms with Crippen LogP contribution in [0.3, 0.4) is 0 Å². The zero-order valence-electron chi connectivity index (χ0n) is 14.0. The Morgan fingerprint density at radius 2 is 2.04 bits per heavy atom. The van der Waals surface area contributed by atoms with Gasteiger partial charge in [-0.2, -0.15) is 0 Å². The minimum Gasteiger partial charge on any atom is -0.327 e. The van der Waals surface area contributed by atoms with Crippen LogP contribution in [0.5, 0.6) is 0 Å². The van der Waals surface area contributed by atoms with Gasteiger partial charge in [0.2, 0.25) is 0 Å². The molecular weight excluding hydrogens is 308 g/mol. The van der Waals surface area contributed by atoms with Crippen molar-refractivity contribution in [3.05, 3.63) is 39.4 Å². The van der Waals surface area contributed by atoms with Crippen molar-refractivity contribution in [1.82, 2.24) is 19.9 Å². The maximum atomic E-state index is 12.6. The summed E-state index contributed by atoms with van der Waals surface area (Å²) in [6.45, 7) is 9.61. The van der Waals surface area contributed by atoms with Crippen LogP contribution in [0.15, 0.2) is 11.6 Å². The van der Waals surface area contributed by atoms with Crippen LogP contribution < -0.4 is 0 Å². The molecule has 0 unspecified atom stereocenters. The Hall–Kier alpha value is -1.82. The van der Waals surface area contributed by atoms with E-state index in [0.717, 1.165) is 28.5 Å². The van der Waals surface area contributed by atoms with Crippen LogP contribution in [-0.2, 0) is 19.5 Å². The summed E-state index contributed by atoms with van der Waals surface area (Å²) in [5.41, 5.74) is 2.57. The smallest absolute Gasteiger partial charge is 0.273 e. The number of hydrogen-bond donors (Lipinski definition) is 0. The highest BCUT2D eigenvalue weighted by molar-refractivity contribution is 7.09. The lowest BCUT2D eigenvalue weighted by molar-refractivity contribution is 0.0745. The standard InChI is InChI=1S/C17H22N4OS/c1-10(2)5-15-18-6-12-7-21(8-13(12)19-15)17(22)14-9-23-16(20-14)11(3)4/h6,9-11H,5,7-8H2,1-4H3. The van der Waals surface area contributed by atoms with Crippen LogP contribution in [0.25, 0.3) is 0 Å². The molecule has 0 aromatic carbocycles. The predicted octanol–water partition coefficient (Wildman–Crippen LogP) is 3.41. The van der Waals surface area contributed by atoms with E-state index in [4.69, 9.17) is 0 Å². The molecule has 0 fully saturated rings. The topological polar surface area (TPSA) is 59.0 Å². The van der Waals surface area contributed by atoms with E-state index in [0.29, 0.717) is 30.6 Å². The molecule has 0 bridgehead atoms. The van der Waals surface area contributed by atoms with Crippen LogP contribution >= 0.6 is 11.3 Å². The fraction of sp³-hybridized carbons (Fsp3) is 0.529. The van der Waals surface area contributed by atoms with E-state index >= 15 is 0 Å². The molecule has 0 N–H and O–H groups in total. The van der Waals surface area contributed by atoms with Crippen LogP contribution in [0.2, 0.25) is 0 Å². The average molecular weight is 330 g/mol. The van der Waals surface area contributed by atoms with Gasteiger partial charge in [0.15, 0.2) is 0 Å². The monoisotopic (exact) mass is 330 g/mol. The highest BCUT2D eigenvalue weighted by Gasteiger charge is 2.27. The van der Waals surface area contributed by atoms with Crippen LogP contribution in [-0.4, -0.2) is 25.8 Å². The Morgan fingerprint density at radius 3 is 2.70 bits per heavy atom. The molecule has 1 aliphatic heterocycles. The van der Waals surface area contributed by atoms with Gasteiger partial charge in [-0.3, -0.25) is 4.79 Å². The first-order valence-electron chi connectivity index (χ1n) is 8.02. The van der Waals surface area contributed by atoms with E-state index in [1.54, 1.807) is 16.2 Å². The molecule has 122 valence electrons. The lowest BCUT2D eigenvalue weighted by Gasteiger charge is -2.13. The highest BCUT2D eigenvalue weighted by Crippen LogP contribution is 2.25. The second-order valence-electron chi connectivity index (χ2n) is 6.74. The van der Waals surface area contributed by atoms with E-state index < -0.39 is 0 Å². The number of fused-ring (bicyclic) bond motifs is 1. The number of carbonyl (C=O) groups excluding carboxylic acids is 1. The largest absolute Gasteiger partial charge is 0.327 e. The third kappa shape index (κ3) is 3.42. The third-order valence-corrected chi connectivity index (χ3v) is 4.96. The Labute approximate surface area is 140 Å². The van der Waals surface area contributed by atoms with Crippen LogP contribution in [0.4, 0.5) is 0 Å².